The molecule has 0 radical (unpaired) electrons. The highest BCUT2D eigenvalue weighted by molar-refractivity contribution is 6.10. The van der Waals surface area contributed by atoms with E-state index >= 15 is 0 Å². The van der Waals surface area contributed by atoms with E-state index < -0.39 is 23.9 Å². The Kier molecular flexibility index (Phi) is 3.08. The van der Waals surface area contributed by atoms with Crippen LogP contribution in [0.5, 0.6) is 0 Å². The average Bonchev–Trinajstić information content (AvgIpc) is 3.04. The Morgan fingerprint density at radius 2 is 2.05 bits per heavy atom. The maximum absolute atomic E-state index is 12.4. The van der Waals surface area contributed by atoms with Gasteiger partial charge in [-0.25, -0.2) is 0 Å². The molecule has 0 aliphatic carbocycles. The topological polar surface area (TPSA) is 88.5 Å². The van der Waals surface area contributed by atoms with E-state index in [1.165, 1.54) is 4.68 Å². The van der Waals surface area contributed by atoms with Gasteiger partial charge in [-0.3, -0.25) is 19.9 Å². The molecule has 0 spiro atoms. The summed E-state index contributed by atoms with van der Waals surface area (Å²) in [5.74, 6) is -2.44. The molecule has 2 aromatic heterocycles. The number of nitrogens with zero attached hydrogens (tertiary/aromatic N) is 4. The second-order valence-electron chi connectivity index (χ2n) is 4.45. The van der Waals surface area contributed by atoms with Crippen LogP contribution in [-0.4, -0.2) is 30.9 Å². The van der Waals surface area contributed by atoms with Gasteiger partial charge in [0.05, 0.1) is 5.52 Å². The van der Waals surface area contributed by atoms with Crippen molar-refractivity contribution in [2.75, 3.05) is 5.32 Å². The van der Waals surface area contributed by atoms with Gasteiger partial charge in [-0.2, -0.15) is 23.3 Å². The van der Waals surface area contributed by atoms with E-state index in [4.69, 9.17) is 0 Å². The van der Waals surface area contributed by atoms with Gasteiger partial charge in [0, 0.05) is 12.4 Å². The van der Waals surface area contributed by atoms with Gasteiger partial charge < -0.3 is 0 Å². The van der Waals surface area contributed by atoms with Crippen molar-refractivity contribution in [3.8, 4) is 0 Å². The molecule has 0 aliphatic heterocycles. The molecule has 1 aromatic carbocycles. The zero-order valence-electron chi connectivity index (χ0n) is 11.1. The molecule has 0 bridgehead atoms. The zero-order valence-corrected chi connectivity index (χ0v) is 11.1. The molecule has 1 amide bonds. The quantitative estimate of drug-likeness (QED) is 0.757. The van der Waals surface area contributed by atoms with Crippen LogP contribution in [0.3, 0.4) is 0 Å². The number of rotatable bonds is 2. The van der Waals surface area contributed by atoms with Crippen LogP contribution in [0.25, 0.3) is 10.9 Å². The maximum atomic E-state index is 12.4. The molecule has 2 heterocycles. The first kappa shape index (κ1) is 14.0. The number of hydrogen-bond donors (Lipinski definition) is 2. The summed E-state index contributed by atoms with van der Waals surface area (Å²) in [5, 5.41) is 11.9. The molecule has 0 atom stereocenters. The number of alkyl halides is 3. The largest absolute Gasteiger partial charge is 0.451 e. The molecule has 7 nitrogen and oxygen atoms in total. The summed E-state index contributed by atoms with van der Waals surface area (Å²) in [6.07, 6.45) is -4.66. The first-order chi connectivity index (χ1) is 10.4. The monoisotopic (exact) mass is 310 g/mol. The van der Waals surface area contributed by atoms with Gasteiger partial charge in [0.15, 0.2) is 5.69 Å². The van der Waals surface area contributed by atoms with Crippen molar-refractivity contribution < 1.29 is 18.0 Å². The third kappa shape index (κ3) is 2.38. The van der Waals surface area contributed by atoms with E-state index in [2.05, 4.69) is 20.5 Å². The van der Waals surface area contributed by atoms with Crippen LogP contribution in [0.2, 0.25) is 0 Å². The number of fused-ring (bicyclic) bond motifs is 1. The van der Waals surface area contributed by atoms with Crippen LogP contribution in [0, 0.1) is 0 Å². The molecule has 3 rings (SSSR count). The fourth-order valence-electron chi connectivity index (χ4n) is 1.99. The standard InChI is InChI=1S/C12H9F3N6O/c1-21-7-5-3-2-4-6(7)8(20-21)9(22)16-11-17-10(18-19-11)12(13,14)15/h2-5H,1H3,(H2,16,17,18,19,22). The SMILES string of the molecule is Cn1nc(C(=O)Nc2n[nH]c(C(F)(F)F)n2)c2ccccc21. The molecule has 0 saturated carbocycles. The van der Waals surface area contributed by atoms with Crippen molar-refractivity contribution in [1.29, 1.82) is 0 Å². The molecule has 10 heteroatoms. The number of H-pyrrole nitrogens is 1. The first-order valence-electron chi connectivity index (χ1n) is 6.09. The predicted molar refractivity (Wildman–Crippen MR) is 70.1 cm³/mol. The minimum Gasteiger partial charge on any atom is -0.288 e. The summed E-state index contributed by atoms with van der Waals surface area (Å²) in [5.41, 5.74) is 0.801. The van der Waals surface area contributed by atoms with Crippen molar-refractivity contribution in [3.05, 3.63) is 35.8 Å². The summed E-state index contributed by atoms with van der Waals surface area (Å²) in [6.45, 7) is 0. The lowest BCUT2D eigenvalue weighted by Gasteiger charge is -1.99. The number of halogens is 3. The van der Waals surface area contributed by atoms with Crippen LogP contribution >= 0.6 is 0 Å². The minimum atomic E-state index is -4.66. The molecule has 0 fully saturated rings. The molecular formula is C12H9F3N6O. The summed E-state index contributed by atoms with van der Waals surface area (Å²) < 4.78 is 38.7. The maximum Gasteiger partial charge on any atom is 0.451 e. The first-order valence-corrected chi connectivity index (χ1v) is 6.09. The molecule has 22 heavy (non-hydrogen) atoms. The molecule has 0 aliphatic rings. The van der Waals surface area contributed by atoms with E-state index in [9.17, 15) is 18.0 Å². The van der Waals surface area contributed by atoms with E-state index in [0.29, 0.717) is 5.39 Å². The number of aryl methyl sites for hydroxylation is 1. The number of benzene rings is 1. The van der Waals surface area contributed by atoms with Crippen LogP contribution in [0.4, 0.5) is 19.1 Å². The number of carbonyl (C=O) groups excluding carboxylic acids is 1. The number of anilines is 1. The van der Waals surface area contributed by atoms with E-state index in [1.54, 1.807) is 36.4 Å². The molecule has 0 saturated heterocycles. The van der Waals surface area contributed by atoms with Gasteiger partial charge in [0.1, 0.15) is 0 Å². The fraction of sp³-hybridized carbons (Fsp3) is 0.167. The summed E-state index contributed by atoms with van der Waals surface area (Å²) >= 11 is 0. The lowest BCUT2D eigenvalue weighted by atomic mass is 10.2. The summed E-state index contributed by atoms with van der Waals surface area (Å²) in [7, 11) is 1.66. The summed E-state index contributed by atoms with van der Waals surface area (Å²) in [6, 6.07) is 6.98. The van der Waals surface area contributed by atoms with Gasteiger partial charge in [0.25, 0.3) is 5.91 Å². The van der Waals surface area contributed by atoms with E-state index in [-0.39, 0.29) is 5.69 Å². The smallest absolute Gasteiger partial charge is 0.288 e. The second kappa shape index (κ2) is 4.83. The molecule has 114 valence electrons. The molecule has 3 aromatic rings. The molecular weight excluding hydrogens is 301 g/mol. The van der Waals surface area contributed by atoms with E-state index in [0.717, 1.165) is 5.52 Å². The van der Waals surface area contributed by atoms with E-state index in [1.807, 2.05) is 0 Å². The molecule has 0 unspecified atom stereocenters. The third-order valence-corrected chi connectivity index (χ3v) is 2.95. The highest BCUT2D eigenvalue weighted by Gasteiger charge is 2.35. The number of carbonyl (C=O) groups is 1. The van der Waals surface area contributed by atoms with Crippen LogP contribution in [-0.2, 0) is 13.2 Å². The Bertz CT molecular complexity index is 850. The highest BCUT2D eigenvalue weighted by Crippen LogP contribution is 2.26. The second-order valence-corrected chi connectivity index (χ2v) is 4.45. The van der Waals surface area contributed by atoms with Gasteiger partial charge in [-0.1, -0.05) is 18.2 Å². The van der Waals surface area contributed by atoms with Crippen LogP contribution in [0.1, 0.15) is 16.3 Å². The van der Waals surface area contributed by atoms with Gasteiger partial charge >= 0.3 is 6.18 Å². The number of nitrogens with one attached hydrogen (secondary N) is 2. The van der Waals surface area contributed by atoms with Crippen LogP contribution in [0.15, 0.2) is 24.3 Å². The van der Waals surface area contributed by atoms with Gasteiger partial charge in [-0.05, 0) is 6.07 Å². The number of hydrogen-bond acceptors (Lipinski definition) is 4. The lowest BCUT2D eigenvalue weighted by molar-refractivity contribution is -0.144. The Balaban J connectivity index is 1.89. The average molecular weight is 310 g/mol. The van der Waals surface area contributed by atoms with Crippen molar-refractivity contribution >= 4 is 22.8 Å². The fourth-order valence-corrected chi connectivity index (χ4v) is 1.99. The van der Waals surface area contributed by atoms with Crippen LogP contribution < -0.4 is 5.32 Å². The lowest BCUT2D eigenvalue weighted by Crippen LogP contribution is -2.14. The highest BCUT2D eigenvalue weighted by atomic mass is 19.4. The number of amides is 1. The normalized spacial score (nSPS) is 11.8. The third-order valence-electron chi connectivity index (χ3n) is 2.95. The van der Waals surface area contributed by atoms with Crippen molar-refractivity contribution in [2.45, 2.75) is 6.18 Å². The summed E-state index contributed by atoms with van der Waals surface area (Å²) in [4.78, 5) is 15.3. The Hall–Kier alpha value is -2.91. The Labute approximate surface area is 121 Å². The number of aromatic amines is 1. The Morgan fingerprint density at radius 1 is 1.32 bits per heavy atom. The van der Waals surface area contributed by atoms with Crippen molar-refractivity contribution in [1.82, 2.24) is 25.0 Å². The number of para-hydroxylation sites is 1. The predicted octanol–water partition coefficient (Wildman–Crippen LogP) is 1.96. The Morgan fingerprint density at radius 3 is 2.73 bits per heavy atom. The van der Waals surface area contributed by atoms with Gasteiger partial charge in [0.2, 0.25) is 11.8 Å². The molecule has 2 N–H and O–H groups in total. The van der Waals surface area contributed by atoms with Gasteiger partial charge in [-0.15, -0.1) is 5.10 Å². The van der Waals surface area contributed by atoms with Crippen molar-refractivity contribution in [2.24, 2.45) is 7.05 Å². The zero-order chi connectivity index (χ0) is 15.9. The number of aromatic nitrogens is 5. The minimum absolute atomic E-state index is 0.0801. The van der Waals surface area contributed by atoms with Crippen molar-refractivity contribution in [3.63, 3.8) is 0 Å².